The Kier molecular flexibility index (Phi) is 2.60. The molecule has 2 heterocycles. The maximum Gasteiger partial charge on any atom is 0.120 e. The van der Waals surface area contributed by atoms with Gasteiger partial charge in [0.05, 0.1) is 12.2 Å². The van der Waals surface area contributed by atoms with Crippen molar-refractivity contribution < 1.29 is 0 Å². The number of hydrogen-bond donors (Lipinski definition) is 2. The molecule has 1 aliphatic rings. The van der Waals surface area contributed by atoms with Crippen LogP contribution in [0.2, 0.25) is 0 Å². The van der Waals surface area contributed by atoms with Crippen molar-refractivity contribution in [2.24, 2.45) is 5.73 Å². The van der Waals surface area contributed by atoms with Gasteiger partial charge in [0.2, 0.25) is 0 Å². The second kappa shape index (κ2) is 3.72. The summed E-state index contributed by atoms with van der Waals surface area (Å²) in [4.78, 5) is 7.73. The maximum absolute atomic E-state index is 5.53. The van der Waals surface area contributed by atoms with E-state index in [0.29, 0.717) is 11.8 Å². The lowest BCUT2D eigenvalue weighted by atomic mass is 10.2. The Morgan fingerprint density at radius 1 is 1.69 bits per heavy atom. The summed E-state index contributed by atoms with van der Waals surface area (Å²) in [5.41, 5.74) is 7.95. The van der Waals surface area contributed by atoms with Crippen LogP contribution in [0, 0.1) is 6.92 Å². The van der Waals surface area contributed by atoms with Crippen molar-refractivity contribution in [3.8, 4) is 0 Å². The van der Waals surface area contributed by atoms with Gasteiger partial charge < -0.3 is 10.7 Å². The molecule has 3 N–H and O–H groups in total. The van der Waals surface area contributed by atoms with Crippen LogP contribution in [0.3, 0.4) is 0 Å². The minimum Gasteiger partial charge on any atom is -0.345 e. The first-order valence-electron chi connectivity index (χ1n) is 4.68. The second-order valence-corrected chi connectivity index (χ2v) is 4.71. The van der Waals surface area contributed by atoms with Crippen molar-refractivity contribution >= 4 is 11.8 Å². The number of nitrogens with zero attached hydrogens (tertiary/aromatic N) is 1. The Morgan fingerprint density at radius 3 is 3.08 bits per heavy atom. The lowest BCUT2D eigenvalue weighted by Crippen LogP contribution is -1.98. The molecule has 2 rings (SSSR count). The van der Waals surface area contributed by atoms with Crippen molar-refractivity contribution in [2.45, 2.75) is 31.6 Å². The average molecular weight is 197 g/mol. The molecule has 1 atom stereocenters. The van der Waals surface area contributed by atoms with Crippen LogP contribution in [0.5, 0.6) is 0 Å². The zero-order valence-corrected chi connectivity index (χ0v) is 8.66. The highest BCUT2D eigenvalue weighted by Gasteiger charge is 2.22. The number of aryl methyl sites for hydroxylation is 1. The molecule has 1 fully saturated rings. The Hall–Kier alpha value is -0.480. The summed E-state index contributed by atoms with van der Waals surface area (Å²) in [5, 5.41) is 0.608. The largest absolute Gasteiger partial charge is 0.345 e. The van der Waals surface area contributed by atoms with Crippen LogP contribution in [0.15, 0.2) is 0 Å². The van der Waals surface area contributed by atoms with Gasteiger partial charge in [-0.1, -0.05) is 0 Å². The number of nitrogens with one attached hydrogen (secondary N) is 1. The van der Waals surface area contributed by atoms with Crippen LogP contribution in [0.1, 0.15) is 35.3 Å². The second-order valence-electron chi connectivity index (χ2n) is 3.40. The van der Waals surface area contributed by atoms with Gasteiger partial charge >= 0.3 is 0 Å². The van der Waals surface area contributed by atoms with Crippen molar-refractivity contribution in [3.63, 3.8) is 0 Å². The third-order valence-electron chi connectivity index (χ3n) is 2.40. The topological polar surface area (TPSA) is 54.7 Å². The third-order valence-corrected chi connectivity index (χ3v) is 3.79. The standard InChI is InChI=1S/C9H15N3S/c1-6-9(7-3-2-4-13-7)12-8(5-10)11-6/h7H,2-5,10H2,1H3,(H,11,12). The van der Waals surface area contributed by atoms with E-state index in [1.54, 1.807) is 0 Å². The first-order valence-corrected chi connectivity index (χ1v) is 5.73. The first kappa shape index (κ1) is 9.09. The van der Waals surface area contributed by atoms with Crippen LogP contribution in [-0.2, 0) is 6.54 Å². The Morgan fingerprint density at radius 2 is 2.54 bits per heavy atom. The number of nitrogens with two attached hydrogens (primary N) is 1. The van der Waals surface area contributed by atoms with Gasteiger partial charge in [0.1, 0.15) is 5.82 Å². The molecule has 13 heavy (non-hydrogen) atoms. The van der Waals surface area contributed by atoms with E-state index in [1.807, 2.05) is 11.8 Å². The molecule has 1 aromatic rings. The van der Waals surface area contributed by atoms with Gasteiger partial charge in [-0.15, -0.1) is 0 Å². The van der Waals surface area contributed by atoms with E-state index in [-0.39, 0.29) is 0 Å². The van der Waals surface area contributed by atoms with E-state index in [9.17, 15) is 0 Å². The minimum atomic E-state index is 0.512. The van der Waals surface area contributed by atoms with Crippen molar-refractivity contribution in [3.05, 3.63) is 17.2 Å². The van der Waals surface area contributed by atoms with E-state index in [1.165, 1.54) is 30.0 Å². The fourth-order valence-corrected chi connectivity index (χ4v) is 3.08. The Balaban J connectivity index is 2.22. The number of H-pyrrole nitrogens is 1. The van der Waals surface area contributed by atoms with Gasteiger partial charge in [-0.2, -0.15) is 11.8 Å². The minimum absolute atomic E-state index is 0.512. The number of hydrogen-bond acceptors (Lipinski definition) is 3. The highest BCUT2D eigenvalue weighted by atomic mass is 32.2. The predicted octanol–water partition coefficient (Wildman–Crippen LogP) is 1.74. The lowest BCUT2D eigenvalue weighted by molar-refractivity contribution is 0.802. The van der Waals surface area contributed by atoms with E-state index in [2.05, 4.69) is 16.9 Å². The maximum atomic E-state index is 5.53. The van der Waals surface area contributed by atoms with E-state index >= 15 is 0 Å². The van der Waals surface area contributed by atoms with Crippen LogP contribution in [0.25, 0.3) is 0 Å². The molecule has 1 unspecified atom stereocenters. The number of aromatic amines is 1. The smallest absolute Gasteiger partial charge is 0.120 e. The molecule has 0 amide bonds. The Bertz CT molecular complexity index is 289. The summed E-state index contributed by atoms with van der Waals surface area (Å²) in [6.45, 7) is 2.60. The molecular weight excluding hydrogens is 182 g/mol. The molecule has 0 aromatic carbocycles. The summed E-state index contributed by atoms with van der Waals surface area (Å²) in [6, 6.07) is 0. The predicted molar refractivity (Wildman–Crippen MR) is 55.6 cm³/mol. The van der Waals surface area contributed by atoms with Crippen LogP contribution < -0.4 is 5.73 Å². The van der Waals surface area contributed by atoms with E-state index in [4.69, 9.17) is 5.73 Å². The number of rotatable bonds is 2. The highest BCUT2D eigenvalue weighted by Crippen LogP contribution is 2.40. The fourth-order valence-electron chi connectivity index (χ4n) is 1.74. The van der Waals surface area contributed by atoms with Gasteiger partial charge in [0.15, 0.2) is 0 Å². The summed E-state index contributed by atoms with van der Waals surface area (Å²) in [6.07, 6.45) is 2.58. The number of imidazole rings is 1. The molecule has 0 aliphatic carbocycles. The zero-order valence-electron chi connectivity index (χ0n) is 7.84. The van der Waals surface area contributed by atoms with Gasteiger partial charge in [-0.05, 0) is 25.5 Å². The van der Waals surface area contributed by atoms with Crippen LogP contribution in [0.4, 0.5) is 0 Å². The molecule has 4 heteroatoms. The molecule has 0 spiro atoms. The Labute approximate surface area is 82.5 Å². The summed E-state index contributed by atoms with van der Waals surface area (Å²) in [7, 11) is 0. The average Bonchev–Trinajstić information content (AvgIpc) is 2.72. The lowest BCUT2D eigenvalue weighted by Gasteiger charge is -2.04. The zero-order chi connectivity index (χ0) is 9.26. The number of thioether (sulfide) groups is 1. The molecule has 0 radical (unpaired) electrons. The first-order chi connectivity index (χ1) is 6.31. The van der Waals surface area contributed by atoms with Gasteiger partial charge in [0.25, 0.3) is 0 Å². The summed E-state index contributed by atoms with van der Waals surface area (Å²) in [5.74, 6) is 2.19. The van der Waals surface area contributed by atoms with Gasteiger partial charge in [-0.25, -0.2) is 4.98 Å². The van der Waals surface area contributed by atoms with Crippen molar-refractivity contribution in [1.82, 2.24) is 9.97 Å². The number of aromatic nitrogens is 2. The van der Waals surface area contributed by atoms with Crippen LogP contribution >= 0.6 is 11.8 Å². The summed E-state index contributed by atoms with van der Waals surface area (Å²) < 4.78 is 0. The summed E-state index contributed by atoms with van der Waals surface area (Å²) >= 11 is 2.01. The molecule has 0 bridgehead atoms. The molecule has 1 aliphatic heterocycles. The SMILES string of the molecule is Cc1[nH]c(CN)nc1C1CCCS1. The molecule has 0 saturated carbocycles. The van der Waals surface area contributed by atoms with Gasteiger partial charge in [-0.3, -0.25) is 0 Å². The van der Waals surface area contributed by atoms with Crippen molar-refractivity contribution in [2.75, 3.05) is 5.75 Å². The highest BCUT2D eigenvalue weighted by molar-refractivity contribution is 7.99. The molecular formula is C9H15N3S. The van der Waals surface area contributed by atoms with E-state index < -0.39 is 0 Å². The normalized spacial score (nSPS) is 22.5. The van der Waals surface area contributed by atoms with E-state index in [0.717, 1.165) is 5.82 Å². The monoisotopic (exact) mass is 197 g/mol. The van der Waals surface area contributed by atoms with Crippen LogP contribution in [-0.4, -0.2) is 15.7 Å². The van der Waals surface area contributed by atoms with Gasteiger partial charge in [0, 0.05) is 10.9 Å². The molecule has 72 valence electrons. The molecule has 1 saturated heterocycles. The quantitative estimate of drug-likeness (QED) is 0.759. The third kappa shape index (κ3) is 1.74. The molecule has 3 nitrogen and oxygen atoms in total. The van der Waals surface area contributed by atoms with Crippen molar-refractivity contribution in [1.29, 1.82) is 0 Å². The molecule has 1 aromatic heterocycles. The fraction of sp³-hybridized carbons (Fsp3) is 0.667.